The van der Waals surface area contributed by atoms with E-state index in [-0.39, 0.29) is 0 Å². The van der Waals surface area contributed by atoms with Crippen molar-refractivity contribution in [2.24, 2.45) is 0 Å². The lowest BCUT2D eigenvalue weighted by molar-refractivity contribution is 0.416. The minimum Gasteiger partial charge on any atom is -0.335 e. The van der Waals surface area contributed by atoms with Gasteiger partial charge in [-0.3, -0.25) is 0 Å². The third kappa shape index (κ3) is 1.78. The van der Waals surface area contributed by atoms with E-state index >= 15 is 0 Å². The number of aromatic nitrogens is 2. The quantitative estimate of drug-likeness (QED) is 0.897. The summed E-state index contributed by atoms with van der Waals surface area (Å²) in [6, 6.07) is 9.72. The molecule has 4 nitrogen and oxygen atoms in total. The molecule has 1 N–H and O–H groups in total. The average molecular weight is 241 g/mol. The second-order valence-corrected chi connectivity index (χ2v) is 5.25. The van der Waals surface area contributed by atoms with Crippen LogP contribution in [0.1, 0.15) is 35.7 Å². The number of nitrogens with zero attached hydrogens (tertiary/aromatic N) is 2. The summed E-state index contributed by atoms with van der Waals surface area (Å²) in [6.45, 7) is 0. The van der Waals surface area contributed by atoms with Crippen molar-refractivity contribution in [1.29, 1.82) is 0 Å². The third-order valence-corrected chi connectivity index (χ3v) is 3.76. The number of fused-ring (bicyclic) bond motifs is 1. The molecule has 2 aliphatic carbocycles. The fraction of sp³-hybridized carbons (Fsp3) is 0.429. The highest BCUT2D eigenvalue weighted by molar-refractivity contribution is 5.35. The van der Waals surface area contributed by atoms with Crippen LogP contribution in [-0.4, -0.2) is 16.2 Å². The van der Waals surface area contributed by atoms with E-state index in [1.54, 1.807) is 0 Å². The molecule has 0 radical (unpaired) electrons. The number of benzene rings is 1. The molecule has 0 atom stereocenters. The van der Waals surface area contributed by atoms with Crippen molar-refractivity contribution in [2.75, 3.05) is 5.32 Å². The molecule has 1 heterocycles. The second-order valence-electron chi connectivity index (χ2n) is 5.25. The standard InChI is InChI=1S/C14H15N3O/c1-2-4-10-8-11(7-9(10)3-1)13-16-14(18-17-13)15-12-5-6-12/h1-4,11-12H,5-8H2,(H,15,16,17). The minimum absolute atomic E-state index is 0.376. The van der Waals surface area contributed by atoms with Gasteiger partial charge in [-0.1, -0.05) is 29.4 Å². The molecule has 0 aliphatic heterocycles. The molecule has 92 valence electrons. The molecule has 2 aromatic rings. The predicted molar refractivity (Wildman–Crippen MR) is 67.5 cm³/mol. The van der Waals surface area contributed by atoms with Crippen molar-refractivity contribution in [3.8, 4) is 0 Å². The van der Waals surface area contributed by atoms with Gasteiger partial charge in [0.2, 0.25) is 0 Å². The van der Waals surface area contributed by atoms with Crippen LogP contribution in [0.25, 0.3) is 0 Å². The zero-order chi connectivity index (χ0) is 11.9. The Bertz CT molecular complexity index is 549. The lowest BCUT2D eigenvalue weighted by Crippen LogP contribution is -2.03. The number of hydrogen-bond donors (Lipinski definition) is 1. The summed E-state index contributed by atoms with van der Waals surface area (Å²) in [4.78, 5) is 4.47. The Labute approximate surface area is 105 Å². The zero-order valence-electron chi connectivity index (χ0n) is 10.1. The van der Waals surface area contributed by atoms with Gasteiger partial charge in [-0.15, -0.1) is 0 Å². The molecule has 1 saturated carbocycles. The van der Waals surface area contributed by atoms with E-state index in [0.29, 0.717) is 18.0 Å². The Hall–Kier alpha value is -1.84. The van der Waals surface area contributed by atoms with Gasteiger partial charge in [-0.05, 0) is 36.8 Å². The van der Waals surface area contributed by atoms with Crippen LogP contribution in [0.4, 0.5) is 6.01 Å². The second kappa shape index (κ2) is 3.83. The normalized spacial score (nSPS) is 18.9. The number of hydrogen-bond acceptors (Lipinski definition) is 4. The summed E-state index contributed by atoms with van der Waals surface area (Å²) >= 11 is 0. The molecule has 0 spiro atoms. The molecule has 1 fully saturated rings. The van der Waals surface area contributed by atoms with Gasteiger partial charge >= 0.3 is 6.01 Å². The predicted octanol–water partition coefficient (Wildman–Crippen LogP) is 2.53. The van der Waals surface area contributed by atoms with Crippen LogP contribution in [0.3, 0.4) is 0 Å². The maximum atomic E-state index is 5.25. The smallest absolute Gasteiger partial charge is 0.321 e. The monoisotopic (exact) mass is 241 g/mol. The minimum atomic E-state index is 0.376. The van der Waals surface area contributed by atoms with Crippen LogP contribution in [0.5, 0.6) is 0 Å². The first-order chi connectivity index (χ1) is 8.88. The lowest BCUT2D eigenvalue weighted by Gasteiger charge is -2.00. The highest BCUT2D eigenvalue weighted by atomic mass is 16.5. The summed E-state index contributed by atoms with van der Waals surface area (Å²) in [6.07, 6.45) is 4.48. The Kier molecular flexibility index (Phi) is 2.15. The molecule has 4 rings (SSSR count). The molecule has 2 aliphatic rings. The Morgan fingerprint density at radius 2 is 1.83 bits per heavy atom. The third-order valence-electron chi connectivity index (χ3n) is 3.76. The van der Waals surface area contributed by atoms with Gasteiger partial charge in [0.05, 0.1) is 0 Å². The largest absolute Gasteiger partial charge is 0.335 e. The number of nitrogens with one attached hydrogen (secondary N) is 1. The van der Waals surface area contributed by atoms with E-state index in [0.717, 1.165) is 18.7 Å². The Balaban J connectivity index is 1.53. The van der Waals surface area contributed by atoms with Crippen molar-refractivity contribution in [1.82, 2.24) is 10.1 Å². The fourth-order valence-corrected chi connectivity index (χ4v) is 2.60. The number of rotatable bonds is 3. The summed E-state index contributed by atoms with van der Waals surface area (Å²) in [5.41, 5.74) is 2.84. The summed E-state index contributed by atoms with van der Waals surface area (Å²) < 4.78 is 5.25. The van der Waals surface area contributed by atoms with Gasteiger partial charge in [0.15, 0.2) is 5.82 Å². The summed E-state index contributed by atoms with van der Waals surface area (Å²) in [5, 5.41) is 7.35. The van der Waals surface area contributed by atoms with Gasteiger partial charge < -0.3 is 9.84 Å². The van der Waals surface area contributed by atoms with Crippen LogP contribution < -0.4 is 5.32 Å². The van der Waals surface area contributed by atoms with E-state index in [9.17, 15) is 0 Å². The van der Waals surface area contributed by atoms with Crippen LogP contribution in [-0.2, 0) is 12.8 Å². The van der Waals surface area contributed by atoms with Gasteiger partial charge in [-0.25, -0.2) is 0 Å². The number of anilines is 1. The van der Waals surface area contributed by atoms with Gasteiger partial charge in [-0.2, -0.15) is 4.98 Å². The maximum Gasteiger partial charge on any atom is 0.321 e. The SMILES string of the molecule is c1ccc2c(c1)CC(c1noc(NC3CC3)n1)C2. The van der Waals surface area contributed by atoms with Crippen LogP contribution >= 0.6 is 0 Å². The zero-order valence-corrected chi connectivity index (χ0v) is 10.1. The lowest BCUT2D eigenvalue weighted by atomic mass is 10.1. The molecular formula is C14H15N3O. The molecule has 0 bridgehead atoms. The molecule has 0 amide bonds. The van der Waals surface area contributed by atoms with Crippen molar-refractivity contribution in [3.63, 3.8) is 0 Å². The van der Waals surface area contributed by atoms with Gasteiger partial charge in [0, 0.05) is 12.0 Å². The molecule has 0 saturated heterocycles. The van der Waals surface area contributed by atoms with Crippen LogP contribution in [0, 0.1) is 0 Å². The molecular weight excluding hydrogens is 226 g/mol. The molecule has 1 aromatic heterocycles. The molecule has 4 heteroatoms. The van der Waals surface area contributed by atoms with Crippen LogP contribution in [0.2, 0.25) is 0 Å². The van der Waals surface area contributed by atoms with Gasteiger partial charge in [0.1, 0.15) is 0 Å². The fourth-order valence-electron chi connectivity index (χ4n) is 2.60. The first-order valence-electron chi connectivity index (χ1n) is 6.55. The summed E-state index contributed by atoms with van der Waals surface area (Å²) in [5.74, 6) is 1.22. The van der Waals surface area contributed by atoms with Crippen molar-refractivity contribution in [2.45, 2.75) is 37.6 Å². The van der Waals surface area contributed by atoms with Gasteiger partial charge in [0.25, 0.3) is 0 Å². The van der Waals surface area contributed by atoms with E-state index in [1.165, 1.54) is 24.0 Å². The van der Waals surface area contributed by atoms with Crippen molar-refractivity contribution in [3.05, 3.63) is 41.2 Å². The summed E-state index contributed by atoms with van der Waals surface area (Å²) in [7, 11) is 0. The van der Waals surface area contributed by atoms with E-state index in [1.807, 2.05) is 0 Å². The maximum absolute atomic E-state index is 5.25. The first kappa shape index (κ1) is 10.1. The highest BCUT2D eigenvalue weighted by Crippen LogP contribution is 2.33. The molecule has 18 heavy (non-hydrogen) atoms. The Morgan fingerprint density at radius 3 is 2.50 bits per heavy atom. The molecule has 0 unspecified atom stereocenters. The van der Waals surface area contributed by atoms with E-state index < -0.39 is 0 Å². The Morgan fingerprint density at radius 1 is 1.11 bits per heavy atom. The topological polar surface area (TPSA) is 51.0 Å². The van der Waals surface area contributed by atoms with Crippen molar-refractivity contribution >= 4 is 6.01 Å². The van der Waals surface area contributed by atoms with E-state index in [4.69, 9.17) is 4.52 Å². The van der Waals surface area contributed by atoms with Crippen molar-refractivity contribution < 1.29 is 4.52 Å². The van der Waals surface area contributed by atoms with Crippen LogP contribution in [0.15, 0.2) is 28.8 Å². The highest BCUT2D eigenvalue weighted by Gasteiger charge is 2.28. The van der Waals surface area contributed by atoms with E-state index in [2.05, 4.69) is 39.7 Å². The first-order valence-corrected chi connectivity index (χ1v) is 6.55. The average Bonchev–Trinajstić information content (AvgIpc) is 2.92. The molecule has 1 aromatic carbocycles.